The van der Waals surface area contributed by atoms with Crippen molar-refractivity contribution in [3.8, 4) is 16.2 Å². The smallest absolute Gasteiger partial charge is 0.261 e. The van der Waals surface area contributed by atoms with Gasteiger partial charge in [-0.1, -0.05) is 30.3 Å². The number of thiophene rings is 1. The van der Waals surface area contributed by atoms with Gasteiger partial charge in [0.15, 0.2) is 0 Å². The number of benzene rings is 2. The van der Waals surface area contributed by atoms with Gasteiger partial charge in [0, 0.05) is 17.0 Å². The van der Waals surface area contributed by atoms with Gasteiger partial charge >= 0.3 is 0 Å². The fraction of sp³-hybridized carbons (Fsp3) is 0.227. The van der Waals surface area contributed by atoms with Crippen molar-refractivity contribution in [3.63, 3.8) is 0 Å². The SMILES string of the molecule is COc1ccccc1C(CNC(=O)c1ccc(-c2ccc(F)cc2)s1)N(C)C. The standard InChI is InChI=1S/C22H23FN2O2S/c1-25(2)18(17-6-4-5-7-19(17)27-3)14-24-22(26)21-13-12-20(28-21)15-8-10-16(23)11-9-15/h4-13,18H,14H2,1-3H3,(H,24,26). The van der Waals surface area contributed by atoms with Crippen molar-refractivity contribution in [2.24, 2.45) is 0 Å². The molecular formula is C22H23FN2O2S. The molecule has 0 saturated heterocycles. The summed E-state index contributed by atoms with van der Waals surface area (Å²) in [5.41, 5.74) is 1.92. The van der Waals surface area contributed by atoms with Crippen molar-refractivity contribution >= 4 is 17.2 Å². The minimum absolute atomic E-state index is 0.0170. The highest BCUT2D eigenvalue weighted by atomic mass is 32.1. The topological polar surface area (TPSA) is 41.6 Å². The summed E-state index contributed by atoms with van der Waals surface area (Å²) < 4.78 is 18.6. The molecular weight excluding hydrogens is 375 g/mol. The van der Waals surface area contributed by atoms with Gasteiger partial charge in [0.25, 0.3) is 5.91 Å². The lowest BCUT2D eigenvalue weighted by molar-refractivity contribution is 0.0945. The molecule has 0 aliphatic heterocycles. The number of carbonyl (C=O) groups excluding carboxylic acids is 1. The second-order valence-corrected chi connectivity index (χ2v) is 7.69. The molecule has 0 spiro atoms. The largest absolute Gasteiger partial charge is 0.496 e. The Bertz CT molecular complexity index is 938. The van der Waals surface area contributed by atoms with E-state index in [0.717, 1.165) is 21.8 Å². The van der Waals surface area contributed by atoms with E-state index in [-0.39, 0.29) is 17.8 Å². The molecule has 1 N–H and O–H groups in total. The number of likely N-dealkylation sites (N-methyl/N-ethyl adjacent to an activating group) is 1. The van der Waals surface area contributed by atoms with E-state index in [1.165, 1.54) is 23.5 Å². The fourth-order valence-electron chi connectivity index (χ4n) is 3.02. The number of methoxy groups -OCH3 is 1. The van der Waals surface area contributed by atoms with Crippen molar-refractivity contribution < 1.29 is 13.9 Å². The zero-order valence-corrected chi connectivity index (χ0v) is 16.9. The summed E-state index contributed by atoms with van der Waals surface area (Å²) in [5.74, 6) is 0.398. The van der Waals surface area contributed by atoms with Crippen LogP contribution in [0, 0.1) is 5.82 Å². The van der Waals surface area contributed by atoms with Crippen LogP contribution in [-0.4, -0.2) is 38.6 Å². The third-order valence-corrected chi connectivity index (χ3v) is 5.67. The Labute approximate surface area is 168 Å². The Morgan fingerprint density at radius 3 is 2.50 bits per heavy atom. The molecule has 1 unspecified atom stereocenters. The van der Waals surface area contributed by atoms with Crippen molar-refractivity contribution in [2.45, 2.75) is 6.04 Å². The maximum atomic E-state index is 13.1. The molecule has 0 aliphatic carbocycles. The Kier molecular flexibility index (Phi) is 6.44. The Morgan fingerprint density at radius 2 is 1.82 bits per heavy atom. The average molecular weight is 399 g/mol. The van der Waals surface area contributed by atoms with Gasteiger partial charge in [-0.2, -0.15) is 0 Å². The Morgan fingerprint density at radius 1 is 1.11 bits per heavy atom. The van der Waals surface area contributed by atoms with Crippen molar-refractivity contribution in [3.05, 3.63) is 76.9 Å². The van der Waals surface area contributed by atoms with Crippen LogP contribution in [-0.2, 0) is 0 Å². The molecule has 3 rings (SSSR count). The molecule has 0 saturated carbocycles. The van der Waals surface area contributed by atoms with Crippen LogP contribution in [0.4, 0.5) is 4.39 Å². The Hall–Kier alpha value is -2.70. The lowest BCUT2D eigenvalue weighted by Gasteiger charge is -2.26. The van der Waals surface area contributed by atoms with E-state index in [1.807, 2.05) is 44.4 Å². The van der Waals surface area contributed by atoms with Gasteiger partial charge in [-0.05, 0) is 50.0 Å². The van der Waals surface area contributed by atoms with Gasteiger partial charge in [0.2, 0.25) is 0 Å². The van der Waals surface area contributed by atoms with Crippen molar-refractivity contribution in [2.75, 3.05) is 27.7 Å². The van der Waals surface area contributed by atoms with E-state index in [9.17, 15) is 9.18 Å². The molecule has 4 nitrogen and oxygen atoms in total. The summed E-state index contributed by atoms with van der Waals surface area (Å²) in [5, 5.41) is 3.02. The summed E-state index contributed by atoms with van der Waals surface area (Å²) in [6.07, 6.45) is 0. The third kappa shape index (κ3) is 4.58. The number of amides is 1. The summed E-state index contributed by atoms with van der Waals surface area (Å²) in [6, 6.07) is 17.8. The number of carbonyl (C=O) groups is 1. The Balaban J connectivity index is 1.71. The van der Waals surface area contributed by atoms with Crippen LogP contribution in [0.5, 0.6) is 5.75 Å². The number of hydrogen-bond donors (Lipinski definition) is 1. The van der Waals surface area contributed by atoms with Crippen molar-refractivity contribution in [1.29, 1.82) is 0 Å². The summed E-state index contributed by atoms with van der Waals surface area (Å²) in [4.78, 5) is 16.2. The van der Waals surface area contributed by atoms with E-state index >= 15 is 0 Å². The summed E-state index contributed by atoms with van der Waals surface area (Å²) in [7, 11) is 5.59. The first-order valence-corrected chi connectivity index (χ1v) is 9.74. The zero-order valence-electron chi connectivity index (χ0n) is 16.1. The second kappa shape index (κ2) is 8.99. The number of hydrogen-bond acceptors (Lipinski definition) is 4. The van der Waals surface area contributed by atoms with Crippen LogP contribution in [0.2, 0.25) is 0 Å². The molecule has 1 heterocycles. The molecule has 2 aromatic carbocycles. The molecule has 0 fully saturated rings. The van der Waals surface area contributed by atoms with Gasteiger partial charge in [-0.25, -0.2) is 4.39 Å². The van der Waals surface area contributed by atoms with E-state index < -0.39 is 0 Å². The summed E-state index contributed by atoms with van der Waals surface area (Å²) >= 11 is 1.39. The molecule has 6 heteroatoms. The lowest BCUT2D eigenvalue weighted by atomic mass is 10.0. The average Bonchev–Trinajstić information content (AvgIpc) is 3.19. The number of nitrogens with zero attached hydrogens (tertiary/aromatic N) is 1. The highest BCUT2D eigenvalue weighted by Crippen LogP contribution is 2.29. The number of nitrogens with one attached hydrogen (secondary N) is 1. The first kappa shape index (κ1) is 20.0. The van der Waals surface area contributed by atoms with E-state index in [0.29, 0.717) is 11.4 Å². The molecule has 0 radical (unpaired) electrons. The van der Waals surface area contributed by atoms with E-state index in [2.05, 4.69) is 10.2 Å². The maximum Gasteiger partial charge on any atom is 0.261 e. The lowest BCUT2D eigenvalue weighted by Crippen LogP contribution is -2.34. The van der Waals surface area contributed by atoms with Crippen LogP contribution in [0.25, 0.3) is 10.4 Å². The monoisotopic (exact) mass is 398 g/mol. The predicted molar refractivity (Wildman–Crippen MR) is 111 cm³/mol. The van der Waals surface area contributed by atoms with Gasteiger partial charge in [0.05, 0.1) is 18.0 Å². The molecule has 3 aromatic rings. The van der Waals surface area contributed by atoms with Crippen molar-refractivity contribution in [1.82, 2.24) is 10.2 Å². The maximum absolute atomic E-state index is 13.1. The molecule has 0 bridgehead atoms. The van der Waals surface area contributed by atoms with Crippen LogP contribution < -0.4 is 10.1 Å². The van der Waals surface area contributed by atoms with Crippen LogP contribution in [0.15, 0.2) is 60.7 Å². The third-order valence-electron chi connectivity index (χ3n) is 4.54. The quantitative estimate of drug-likeness (QED) is 0.633. The second-order valence-electron chi connectivity index (χ2n) is 6.60. The highest BCUT2D eigenvalue weighted by molar-refractivity contribution is 7.17. The van der Waals surface area contributed by atoms with Gasteiger partial charge in [0.1, 0.15) is 11.6 Å². The first-order chi connectivity index (χ1) is 13.5. The van der Waals surface area contributed by atoms with E-state index in [1.54, 1.807) is 25.3 Å². The van der Waals surface area contributed by atoms with Crippen LogP contribution in [0.1, 0.15) is 21.3 Å². The summed E-state index contributed by atoms with van der Waals surface area (Å²) in [6.45, 7) is 0.454. The van der Waals surface area contributed by atoms with Gasteiger partial charge in [-0.3, -0.25) is 4.79 Å². The molecule has 146 valence electrons. The molecule has 1 amide bonds. The van der Waals surface area contributed by atoms with E-state index in [4.69, 9.17) is 4.74 Å². The first-order valence-electron chi connectivity index (χ1n) is 8.93. The highest BCUT2D eigenvalue weighted by Gasteiger charge is 2.20. The van der Waals surface area contributed by atoms with Crippen LogP contribution in [0.3, 0.4) is 0 Å². The molecule has 1 aromatic heterocycles. The minimum Gasteiger partial charge on any atom is -0.496 e. The zero-order chi connectivity index (χ0) is 20.1. The fourth-order valence-corrected chi connectivity index (χ4v) is 3.95. The molecule has 1 atom stereocenters. The number of ether oxygens (including phenoxy) is 1. The van der Waals surface area contributed by atoms with Gasteiger partial charge < -0.3 is 15.0 Å². The van der Waals surface area contributed by atoms with Crippen LogP contribution >= 0.6 is 11.3 Å². The number of para-hydroxylation sites is 1. The minimum atomic E-state index is -0.274. The predicted octanol–water partition coefficient (Wildman–Crippen LogP) is 4.60. The normalized spacial score (nSPS) is 12.0. The number of rotatable bonds is 7. The van der Waals surface area contributed by atoms with Gasteiger partial charge in [-0.15, -0.1) is 11.3 Å². The molecule has 28 heavy (non-hydrogen) atoms. The molecule has 0 aliphatic rings. The number of halogens is 1.